The second kappa shape index (κ2) is 18.5. The number of unbranched alkanes of at least 4 members (excludes halogenated alkanes) is 12. The third kappa shape index (κ3) is 11.2. The average Bonchev–Trinajstić information content (AvgIpc) is 3.37. The van der Waals surface area contributed by atoms with E-state index in [1.165, 1.54) is 78.1 Å². The molecular formula is C40H70O8. The number of ether oxygens (including phenoxy) is 4. The Morgan fingerprint density at radius 1 is 0.771 bits per heavy atom. The van der Waals surface area contributed by atoms with Gasteiger partial charge in [-0.2, -0.15) is 0 Å². The molecule has 1 N–H and O–H groups in total. The molecule has 48 heavy (non-hydrogen) atoms. The summed E-state index contributed by atoms with van der Waals surface area (Å²) in [6.07, 6.45) is 17.2. The molecule has 0 aromatic carbocycles. The van der Waals surface area contributed by atoms with E-state index in [0.29, 0.717) is 31.6 Å². The first-order valence-electron chi connectivity index (χ1n) is 19.6. The number of rotatable bonds is 18. The van der Waals surface area contributed by atoms with Crippen molar-refractivity contribution in [3.05, 3.63) is 0 Å². The quantitative estimate of drug-likeness (QED) is 0.0869. The minimum atomic E-state index is -1.39. The molecule has 1 aliphatic carbocycles. The van der Waals surface area contributed by atoms with E-state index >= 15 is 0 Å². The van der Waals surface area contributed by atoms with Gasteiger partial charge >= 0.3 is 17.9 Å². The maximum atomic E-state index is 13.1. The topological polar surface area (TPSA) is 108 Å². The van der Waals surface area contributed by atoms with Crippen LogP contribution in [0.1, 0.15) is 177 Å². The second-order valence-electron chi connectivity index (χ2n) is 16.5. The summed E-state index contributed by atoms with van der Waals surface area (Å²) in [6.45, 7) is 15.1. The highest BCUT2D eigenvalue weighted by molar-refractivity contribution is 5.69. The minimum Gasteiger partial charge on any atom is -0.459 e. The van der Waals surface area contributed by atoms with Crippen molar-refractivity contribution < 1.29 is 38.4 Å². The molecule has 3 rings (SSSR count). The van der Waals surface area contributed by atoms with E-state index in [-0.39, 0.29) is 36.1 Å². The standard InChI is InChI=1S/C40H70O8/c1-9-10-11-12-13-14-15-16-17-18-19-20-21-22-34(43)46-33-24-26-40(8,48-30(5)42)37-35-31(28(2)3)23-25-39(7,47-29(4)41)36(35)32(45-37)27-38(33,6)44/h28,31-33,35-37,44H,9-27H2,1-8H3/t31-,32-,33+,35-,36-,37-,38+,39-,40-/m0/s1. The van der Waals surface area contributed by atoms with Crippen LogP contribution in [0.25, 0.3) is 0 Å². The molecule has 0 unspecified atom stereocenters. The number of fused-ring (bicyclic) bond motifs is 5. The Morgan fingerprint density at radius 2 is 1.27 bits per heavy atom. The molecule has 3 aliphatic rings. The Kier molecular flexibility index (Phi) is 15.7. The average molecular weight is 679 g/mol. The monoisotopic (exact) mass is 679 g/mol. The summed E-state index contributed by atoms with van der Waals surface area (Å²) in [6, 6.07) is 0. The summed E-state index contributed by atoms with van der Waals surface area (Å²) in [5.74, 6) is -0.694. The fourth-order valence-corrected chi connectivity index (χ4v) is 9.39. The number of hydrogen-bond donors (Lipinski definition) is 1. The molecule has 8 nitrogen and oxygen atoms in total. The Hall–Kier alpha value is -1.67. The van der Waals surface area contributed by atoms with E-state index in [4.69, 9.17) is 18.9 Å². The SMILES string of the molecule is CCCCCCCCCCCCCCCC(=O)O[C@@H]1CC[C@](C)(OC(C)=O)[C@H]2O[C@@H](C[C@@]1(C)O)[C@H]1[C@@H]2[C@H](C(C)C)CC[C@]1(C)OC(C)=O. The highest BCUT2D eigenvalue weighted by Crippen LogP contribution is 2.58. The van der Waals surface area contributed by atoms with Crippen molar-refractivity contribution in [1.29, 1.82) is 0 Å². The molecule has 2 saturated heterocycles. The maximum Gasteiger partial charge on any atom is 0.306 e. The van der Waals surface area contributed by atoms with E-state index in [9.17, 15) is 19.5 Å². The van der Waals surface area contributed by atoms with Crippen LogP contribution in [0.15, 0.2) is 0 Å². The number of hydrogen-bond acceptors (Lipinski definition) is 8. The molecule has 8 heteroatoms. The van der Waals surface area contributed by atoms with Crippen LogP contribution in [0.5, 0.6) is 0 Å². The number of esters is 3. The van der Waals surface area contributed by atoms with Crippen LogP contribution >= 0.6 is 0 Å². The molecule has 278 valence electrons. The van der Waals surface area contributed by atoms with Crippen LogP contribution in [0, 0.1) is 23.7 Å². The largest absolute Gasteiger partial charge is 0.459 e. The molecule has 2 aliphatic heterocycles. The third-order valence-corrected chi connectivity index (χ3v) is 11.8. The molecule has 0 aromatic heterocycles. The fourth-order valence-electron chi connectivity index (χ4n) is 9.39. The molecule has 0 radical (unpaired) electrons. The molecule has 0 spiro atoms. The summed E-state index contributed by atoms with van der Waals surface area (Å²) in [5.41, 5.74) is -3.20. The normalized spacial score (nSPS) is 34.9. The highest BCUT2D eigenvalue weighted by atomic mass is 16.6. The van der Waals surface area contributed by atoms with Crippen LogP contribution in [-0.2, 0) is 33.3 Å². The summed E-state index contributed by atoms with van der Waals surface area (Å²) in [4.78, 5) is 38.1. The van der Waals surface area contributed by atoms with E-state index in [0.717, 1.165) is 25.7 Å². The first-order chi connectivity index (χ1) is 22.6. The van der Waals surface area contributed by atoms with Gasteiger partial charge < -0.3 is 24.1 Å². The summed E-state index contributed by atoms with van der Waals surface area (Å²) >= 11 is 0. The molecule has 9 atom stereocenters. The zero-order chi connectivity index (χ0) is 35.5. The Balaban J connectivity index is 1.64. The van der Waals surface area contributed by atoms with Crippen LogP contribution < -0.4 is 0 Å². The first-order valence-corrected chi connectivity index (χ1v) is 19.6. The van der Waals surface area contributed by atoms with Gasteiger partial charge in [-0.25, -0.2) is 0 Å². The van der Waals surface area contributed by atoms with Gasteiger partial charge in [0.05, 0.1) is 6.10 Å². The molecule has 0 aromatic rings. The van der Waals surface area contributed by atoms with Crippen molar-refractivity contribution >= 4 is 17.9 Å². The molecular weight excluding hydrogens is 608 g/mol. The van der Waals surface area contributed by atoms with Gasteiger partial charge in [0, 0.05) is 38.5 Å². The van der Waals surface area contributed by atoms with E-state index in [2.05, 4.69) is 20.8 Å². The molecule has 0 amide bonds. The van der Waals surface area contributed by atoms with Crippen molar-refractivity contribution in [2.75, 3.05) is 0 Å². The van der Waals surface area contributed by atoms with Crippen LogP contribution in [0.3, 0.4) is 0 Å². The van der Waals surface area contributed by atoms with Crippen molar-refractivity contribution in [3.63, 3.8) is 0 Å². The van der Waals surface area contributed by atoms with Gasteiger partial charge in [0.25, 0.3) is 0 Å². The lowest BCUT2D eigenvalue weighted by molar-refractivity contribution is -0.185. The van der Waals surface area contributed by atoms with E-state index in [1.807, 2.05) is 13.8 Å². The summed E-state index contributed by atoms with van der Waals surface area (Å²) in [7, 11) is 0. The molecule has 3 fully saturated rings. The van der Waals surface area contributed by atoms with Crippen molar-refractivity contribution in [1.82, 2.24) is 0 Å². The lowest BCUT2D eigenvalue weighted by Gasteiger charge is -2.51. The van der Waals surface area contributed by atoms with Gasteiger partial charge in [-0.05, 0) is 64.7 Å². The summed E-state index contributed by atoms with van der Waals surface area (Å²) in [5, 5.41) is 12.0. The Bertz CT molecular complexity index is 1020. The lowest BCUT2D eigenvalue weighted by Crippen LogP contribution is -2.58. The van der Waals surface area contributed by atoms with E-state index < -0.39 is 41.1 Å². The maximum absolute atomic E-state index is 13.1. The Morgan fingerprint density at radius 3 is 1.79 bits per heavy atom. The lowest BCUT2D eigenvalue weighted by atomic mass is 9.57. The van der Waals surface area contributed by atoms with Crippen molar-refractivity contribution in [2.45, 2.75) is 213 Å². The van der Waals surface area contributed by atoms with E-state index in [1.54, 1.807) is 6.92 Å². The van der Waals surface area contributed by atoms with Gasteiger partial charge in [0.2, 0.25) is 0 Å². The first kappa shape index (κ1) is 40.8. The zero-order valence-corrected chi connectivity index (χ0v) is 31.8. The van der Waals surface area contributed by atoms with Crippen molar-refractivity contribution in [2.24, 2.45) is 23.7 Å². The fraction of sp³-hybridized carbons (Fsp3) is 0.925. The third-order valence-electron chi connectivity index (χ3n) is 11.8. The number of carbonyl (C=O) groups excluding carboxylic acids is 3. The second-order valence-corrected chi connectivity index (χ2v) is 16.5. The van der Waals surface area contributed by atoms with Crippen LogP contribution in [0.4, 0.5) is 0 Å². The molecule has 2 bridgehead atoms. The predicted molar refractivity (Wildman–Crippen MR) is 188 cm³/mol. The zero-order valence-electron chi connectivity index (χ0n) is 31.8. The van der Waals surface area contributed by atoms with Gasteiger partial charge in [-0.3, -0.25) is 14.4 Å². The van der Waals surface area contributed by atoms with Crippen molar-refractivity contribution in [3.8, 4) is 0 Å². The van der Waals surface area contributed by atoms with Gasteiger partial charge in [-0.1, -0.05) is 97.8 Å². The van der Waals surface area contributed by atoms with Crippen LogP contribution in [0.2, 0.25) is 0 Å². The van der Waals surface area contributed by atoms with Gasteiger partial charge in [-0.15, -0.1) is 0 Å². The minimum absolute atomic E-state index is 0.0390. The highest BCUT2D eigenvalue weighted by Gasteiger charge is 2.65. The van der Waals surface area contributed by atoms with Crippen LogP contribution in [-0.4, -0.2) is 58.1 Å². The number of carbonyl (C=O) groups is 3. The molecule has 1 saturated carbocycles. The van der Waals surface area contributed by atoms with Gasteiger partial charge in [0.1, 0.15) is 29.0 Å². The van der Waals surface area contributed by atoms with Gasteiger partial charge in [0.15, 0.2) is 0 Å². The smallest absolute Gasteiger partial charge is 0.306 e. The predicted octanol–water partition coefficient (Wildman–Crippen LogP) is 9.02. The summed E-state index contributed by atoms with van der Waals surface area (Å²) < 4.78 is 25.1. The Labute approximate surface area is 292 Å². The molecule has 2 heterocycles. The number of aliphatic hydroxyl groups is 1.